The molecule has 5 heteroatoms. The summed E-state index contributed by atoms with van der Waals surface area (Å²) in [5.74, 6) is -0.0917. The minimum atomic E-state index is -0.584. The van der Waals surface area contributed by atoms with Gasteiger partial charge >= 0.3 is 6.09 Å². The summed E-state index contributed by atoms with van der Waals surface area (Å²) in [4.78, 5) is 21.8. The largest absolute Gasteiger partial charge is 0.443 e. The van der Waals surface area contributed by atoms with Crippen LogP contribution in [0.4, 0.5) is 4.79 Å². The molecule has 0 saturated heterocycles. The summed E-state index contributed by atoms with van der Waals surface area (Å²) >= 11 is 0. The maximum Gasteiger partial charge on any atom is 0.426 e. The molecule has 0 heterocycles. The fourth-order valence-corrected chi connectivity index (χ4v) is 0.794. The minimum Gasteiger partial charge on any atom is -0.443 e. The third-order valence-corrected chi connectivity index (χ3v) is 1.18. The highest BCUT2D eigenvalue weighted by Gasteiger charge is 2.15. The summed E-state index contributed by atoms with van der Waals surface area (Å²) in [5.41, 5.74) is 4.88. The molecule has 0 spiro atoms. The van der Waals surface area contributed by atoms with Gasteiger partial charge in [0.2, 0.25) is 0 Å². The van der Waals surface area contributed by atoms with E-state index in [2.05, 4.69) is 10.9 Å². The molecule has 0 bridgehead atoms. The highest BCUT2D eigenvalue weighted by atomic mass is 16.6. The fourth-order valence-electron chi connectivity index (χ4n) is 0.794. The van der Waals surface area contributed by atoms with Gasteiger partial charge in [-0.3, -0.25) is 4.79 Å². The lowest BCUT2D eigenvalue weighted by molar-refractivity contribution is -0.112. The predicted molar refractivity (Wildman–Crippen MR) is 56.9 cm³/mol. The Hall–Kier alpha value is -1.52. The average molecular weight is 214 g/mol. The van der Waals surface area contributed by atoms with Gasteiger partial charge in [-0.2, -0.15) is 0 Å². The van der Waals surface area contributed by atoms with E-state index >= 15 is 0 Å². The highest BCUT2D eigenvalue weighted by molar-refractivity contribution is 5.87. The van der Waals surface area contributed by atoms with Crippen molar-refractivity contribution in [3.63, 3.8) is 0 Å². The monoisotopic (exact) mass is 214 g/mol. The van der Waals surface area contributed by atoms with Crippen LogP contribution in [0.25, 0.3) is 0 Å². The lowest BCUT2D eigenvalue weighted by Gasteiger charge is -2.20. The zero-order valence-electron chi connectivity index (χ0n) is 9.80. The van der Waals surface area contributed by atoms with Crippen LogP contribution in [-0.4, -0.2) is 17.5 Å². The number of hydrogen-bond acceptors (Lipinski definition) is 4. The second-order valence-corrected chi connectivity index (χ2v) is 4.19. The van der Waals surface area contributed by atoms with Crippen molar-refractivity contribution in [2.24, 2.45) is 0 Å². The van der Waals surface area contributed by atoms with Gasteiger partial charge in [0.25, 0.3) is 0 Å². The molecule has 0 saturated carbocycles. The molecule has 0 aliphatic rings. The first kappa shape index (κ1) is 13.5. The lowest BCUT2D eigenvalue weighted by atomic mass is 10.2. The van der Waals surface area contributed by atoms with Gasteiger partial charge in [-0.05, 0) is 34.6 Å². The third kappa shape index (κ3) is 8.80. The maximum absolute atomic E-state index is 11.1. The molecule has 0 atom stereocenters. The van der Waals surface area contributed by atoms with Crippen LogP contribution in [0.2, 0.25) is 0 Å². The van der Waals surface area contributed by atoms with Crippen molar-refractivity contribution in [1.29, 1.82) is 0 Å². The van der Waals surface area contributed by atoms with Gasteiger partial charge in [0.1, 0.15) is 5.60 Å². The Kier molecular flexibility index (Phi) is 4.84. The van der Waals surface area contributed by atoms with Gasteiger partial charge in [0.05, 0.1) is 0 Å². The quantitative estimate of drug-likeness (QED) is 0.552. The standard InChI is InChI=1S/C10H18N2O3/c1-7(6-8(2)13)11-12-9(14)15-10(3,4)5/h6,11H,1-5H3,(H,12,14). The number of hydrogen-bond donors (Lipinski definition) is 2. The zero-order valence-corrected chi connectivity index (χ0v) is 9.80. The molecule has 0 aromatic heterocycles. The van der Waals surface area contributed by atoms with Crippen LogP contribution in [0.1, 0.15) is 34.6 Å². The molecule has 5 nitrogen and oxygen atoms in total. The van der Waals surface area contributed by atoms with Gasteiger partial charge in [0.15, 0.2) is 5.78 Å². The Labute approximate surface area is 89.8 Å². The molecule has 0 unspecified atom stereocenters. The van der Waals surface area contributed by atoms with E-state index in [4.69, 9.17) is 4.74 Å². The zero-order chi connectivity index (χ0) is 12.1. The molecule has 0 aromatic rings. The number of rotatable bonds is 3. The van der Waals surface area contributed by atoms with Crippen LogP contribution < -0.4 is 10.9 Å². The molecule has 86 valence electrons. The smallest absolute Gasteiger partial charge is 0.426 e. The predicted octanol–water partition coefficient (Wildman–Crippen LogP) is 1.51. The number of amides is 1. The molecule has 0 rings (SSSR count). The average Bonchev–Trinajstić information content (AvgIpc) is 1.96. The lowest BCUT2D eigenvalue weighted by Crippen LogP contribution is -2.40. The van der Waals surface area contributed by atoms with Crippen molar-refractivity contribution in [2.45, 2.75) is 40.2 Å². The van der Waals surface area contributed by atoms with Crippen LogP contribution in [0.5, 0.6) is 0 Å². The molecule has 2 N–H and O–H groups in total. The number of ketones is 1. The SMILES string of the molecule is CC(=O)C=C(C)NNC(=O)OC(C)(C)C. The molecular weight excluding hydrogens is 196 g/mol. The molecule has 0 aliphatic carbocycles. The fraction of sp³-hybridized carbons (Fsp3) is 0.600. The molecule has 1 amide bonds. The van der Waals surface area contributed by atoms with Crippen molar-refractivity contribution in [3.05, 3.63) is 11.8 Å². The summed E-state index contributed by atoms with van der Waals surface area (Å²) in [6, 6.07) is 0. The molecule has 0 aliphatic heterocycles. The van der Waals surface area contributed by atoms with Crippen LogP contribution in [-0.2, 0) is 9.53 Å². The number of carbonyl (C=O) groups excluding carboxylic acids is 2. The summed E-state index contributed by atoms with van der Waals surface area (Å²) < 4.78 is 4.97. The Morgan fingerprint density at radius 3 is 2.07 bits per heavy atom. The first-order chi connectivity index (χ1) is 6.70. The Bertz CT molecular complexity index is 277. The second-order valence-electron chi connectivity index (χ2n) is 4.19. The maximum atomic E-state index is 11.1. The first-order valence-electron chi connectivity index (χ1n) is 4.64. The Morgan fingerprint density at radius 2 is 1.67 bits per heavy atom. The van der Waals surface area contributed by atoms with E-state index in [0.717, 1.165) is 0 Å². The minimum absolute atomic E-state index is 0.0917. The number of carbonyl (C=O) groups is 2. The van der Waals surface area contributed by atoms with E-state index in [1.807, 2.05) is 0 Å². The Morgan fingerprint density at radius 1 is 1.13 bits per heavy atom. The highest BCUT2D eigenvalue weighted by Crippen LogP contribution is 2.05. The van der Waals surface area contributed by atoms with Crippen molar-refractivity contribution >= 4 is 11.9 Å². The summed E-state index contributed by atoms with van der Waals surface area (Å²) in [6.45, 7) is 8.40. The molecule has 15 heavy (non-hydrogen) atoms. The van der Waals surface area contributed by atoms with Crippen LogP contribution >= 0.6 is 0 Å². The van der Waals surface area contributed by atoms with Crippen molar-refractivity contribution < 1.29 is 14.3 Å². The third-order valence-electron chi connectivity index (χ3n) is 1.18. The first-order valence-corrected chi connectivity index (χ1v) is 4.64. The van der Waals surface area contributed by atoms with E-state index in [-0.39, 0.29) is 5.78 Å². The number of ether oxygens (including phenoxy) is 1. The van der Waals surface area contributed by atoms with Crippen LogP contribution in [0.3, 0.4) is 0 Å². The topological polar surface area (TPSA) is 67.4 Å². The molecule has 0 fully saturated rings. The van der Waals surface area contributed by atoms with Gasteiger partial charge in [-0.1, -0.05) is 0 Å². The normalized spacial score (nSPS) is 11.9. The number of hydrazine groups is 1. The van der Waals surface area contributed by atoms with Gasteiger partial charge < -0.3 is 10.2 Å². The number of nitrogens with one attached hydrogen (secondary N) is 2. The van der Waals surface area contributed by atoms with Crippen LogP contribution in [0, 0.1) is 0 Å². The van der Waals surface area contributed by atoms with Crippen molar-refractivity contribution in [2.75, 3.05) is 0 Å². The van der Waals surface area contributed by atoms with E-state index in [0.29, 0.717) is 5.70 Å². The van der Waals surface area contributed by atoms with E-state index in [9.17, 15) is 9.59 Å². The molecule has 0 radical (unpaired) electrons. The van der Waals surface area contributed by atoms with Gasteiger partial charge in [-0.15, -0.1) is 0 Å². The van der Waals surface area contributed by atoms with Crippen molar-refractivity contribution in [1.82, 2.24) is 10.9 Å². The van der Waals surface area contributed by atoms with Gasteiger partial charge in [0, 0.05) is 11.8 Å². The Balaban J connectivity index is 3.97. The van der Waals surface area contributed by atoms with E-state index in [1.165, 1.54) is 13.0 Å². The summed E-state index contributed by atoms with van der Waals surface area (Å²) in [5, 5.41) is 0. The molecule has 0 aromatic carbocycles. The summed E-state index contributed by atoms with van der Waals surface area (Å²) in [6.07, 6.45) is 0.788. The van der Waals surface area contributed by atoms with Gasteiger partial charge in [-0.25, -0.2) is 10.2 Å². The van der Waals surface area contributed by atoms with Crippen molar-refractivity contribution in [3.8, 4) is 0 Å². The van der Waals surface area contributed by atoms with E-state index < -0.39 is 11.7 Å². The van der Waals surface area contributed by atoms with Crippen LogP contribution in [0.15, 0.2) is 11.8 Å². The number of allylic oxidation sites excluding steroid dienone is 2. The second kappa shape index (κ2) is 5.38. The molecular formula is C10H18N2O3. The summed E-state index contributed by atoms with van der Waals surface area (Å²) in [7, 11) is 0. The van der Waals surface area contributed by atoms with E-state index in [1.54, 1.807) is 27.7 Å².